The Labute approximate surface area is 159 Å². The molecule has 1 aromatic heterocycles. The molecule has 1 fully saturated rings. The van der Waals surface area contributed by atoms with Gasteiger partial charge in [0.2, 0.25) is 0 Å². The quantitative estimate of drug-likeness (QED) is 0.821. The van der Waals surface area contributed by atoms with E-state index in [0.29, 0.717) is 31.0 Å². The van der Waals surface area contributed by atoms with E-state index in [1.165, 1.54) is 12.8 Å². The summed E-state index contributed by atoms with van der Waals surface area (Å²) in [5, 5.41) is 12.4. The first-order valence-corrected chi connectivity index (χ1v) is 9.73. The van der Waals surface area contributed by atoms with Crippen molar-refractivity contribution in [3.05, 3.63) is 53.1 Å². The molecule has 0 saturated carbocycles. The number of aliphatic hydroxyl groups is 1. The van der Waals surface area contributed by atoms with E-state index in [4.69, 9.17) is 4.98 Å². The normalized spacial score (nSPS) is 16.6. The van der Waals surface area contributed by atoms with Crippen LogP contribution in [0.25, 0.3) is 0 Å². The van der Waals surface area contributed by atoms with Crippen LogP contribution in [0, 0.1) is 0 Å². The third-order valence-electron chi connectivity index (χ3n) is 5.29. The van der Waals surface area contributed by atoms with Gasteiger partial charge in [-0.05, 0) is 36.5 Å². The van der Waals surface area contributed by atoms with Crippen LogP contribution in [0.1, 0.15) is 34.3 Å². The number of pyridine rings is 1. The van der Waals surface area contributed by atoms with Crippen molar-refractivity contribution in [3.63, 3.8) is 0 Å². The Morgan fingerprint density at radius 3 is 2.63 bits per heavy atom. The molecular weight excluding hydrogens is 340 g/mol. The Hall–Kier alpha value is -2.60. The van der Waals surface area contributed by atoms with Crippen molar-refractivity contribution in [3.8, 4) is 0 Å². The van der Waals surface area contributed by atoms with E-state index in [2.05, 4.69) is 16.3 Å². The molecule has 142 valence electrons. The Morgan fingerprint density at radius 1 is 1.11 bits per heavy atom. The Kier molecular flexibility index (Phi) is 5.25. The van der Waals surface area contributed by atoms with Crippen molar-refractivity contribution in [1.29, 1.82) is 0 Å². The summed E-state index contributed by atoms with van der Waals surface area (Å²) >= 11 is 0. The van der Waals surface area contributed by atoms with E-state index in [-0.39, 0.29) is 12.5 Å². The number of rotatable bonds is 6. The second-order valence-electron chi connectivity index (χ2n) is 7.17. The third kappa shape index (κ3) is 3.76. The second kappa shape index (κ2) is 7.96. The molecule has 6 nitrogen and oxygen atoms in total. The maximum Gasteiger partial charge on any atom is 0.258 e. The summed E-state index contributed by atoms with van der Waals surface area (Å²) in [4.78, 5) is 22.1. The monoisotopic (exact) mass is 366 g/mol. The van der Waals surface area contributed by atoms with E-state index < -0.39 is 0 Å². The number of aliphatic hydroxyl groups excluding tert-OH is 1. The number of amides is 1. The lowest BCUT2D eigenvalue weighted by Crippen LogP contribution is -2.38. The molecule has 0 bridgehead atoms. The minimum atomic E-state index is 0.00627. The van der Waals surface area contributed by atoms with Gasteiger partial charge in [0.1, 0.15) is 11.6 Å². The van der Waals surface area contributed by atoms with Gasteiger partial charge in [0, 0.05) is 32.7 Å². The molecule has 2 aliphatic heterocycles. The molecule has 1 aromatic carbocycles. The van der Waals surface area contributed by atoms with Gasteiger partial charge in [-0.25, -0.2) is 4.98 Å². The van der Waals surface area contributed by atoms with Gasteiger partial charge in [0.15, 0.2) is 0 Å². The number of benzene rings is 1. The number of hydrogen-bond donors (Lipinski definition) is 2. The van der Waals surface area contributed by atoms with E-state index >= 15 is 0 Å². The summed E-state index contributed by atoms with van der Waals surface area (Å²) in [6, 6.07) is 12.1. The molecule has 0 radical (unpaired) electrons. The minimum absolute atomic E-state index is 0.00627. The highest BCUT2D eigenvalue weighted by molar-refractivity contribution is 6.01. The van der Waals surface area contributed by atoms with Crippen molar-refractivity contribution in [2.24, 2.45) is 0 Å². The molecule has 0 aliphatic carbocycles. The smallest absolute Gasteiger partial charge is 0.258 e. The summed E-state index contributed by atoms with van der Waals surface area (Å²) in [6.45, 7) is 3.73. The fourth-order valence-corrected chi connectivity index (χ4v) is 3.90. The molecule has 2 aromatic rings. The highest BCUT2D eigenvalue weighted by atomic mass is 16.3. The van der Waals surface area contributed by atoms with Gasteiger partial charge < -0.3 is 20.2 Å². The number of carbonyl (C=O) groups is 1. The molecule has 3 heterocycles. The Bertz CT molecular complexity index is 803. The zero-order valence-electron chi connectivity index (χ0n) is 15.5. The van der Waals surface area contributed by atoms with Crippen LogP contribution in [0.3, 0.4) is 0 Å². The van der Waals surface area contributed by atoms with Crippen LogP contribution in [-0.2, 0) is 13.0 Å². The van der Waals surface area contributed by atoms with Crippen LogP contribution in [0.15, 0.2) is 36.4 Å². The molecule has 1 amide bonds. The van der Waals surface area contributed by atoms with Gasteiger partial charge in [-0.1, -0.05) is 30.3 Å². The first-order chi connectivity index (χ1) is 13.3. The van der Waals surface area contributed by atoms with Crippen LogP contribution in [0.2, 0.25) is 0 Å². The fraction of sp³-hybridized carbons (Fsp3) is 0.429. The maximum absolute atomic E-state index is 13.2. The van der Waals surface area contributed by atoms with Crippen LogP contribution in [-0.4, -0.2) is 53.7 Å². The highest BCUT2D eigenvalue weighted by Crippen LogP contribution is 2.31. The number of nitrogens with zero attached hydrogens (tertiary/aromatic N) is 3. The van der Waals surface area contributed by atoms with E-state index in [1.807, 2.05) is 35.2 Å². The van der Waals surface area contributed by atoms with E-state index in [9.17, 15) is 9.90 Å². The molecule has 4 rings (SSSR count). The number of anilines is 2. The van der Waals surface area contributed by atoms with Crippen molar-refractivity contribution < 1.29 is 9.90 Å². The molecule has 0 atom stereocenters. The van der Waals surface area contributed by atoms with E-state index in [0.717, 1.165) is 36.5 Å². The zero-order chi connectivity index (χ0) is 18.6. The van der Waals surface area contributed by atoms with Gasteiger partial charge in [-0.2, -0.15) is 0 Å². The summed E-state index contributed by atoms with van der Waals surface area (Å²) in [7, 11) is 0. The van der Waals surface area contributed by atoms with Gasteiger partial charge in [0.05, 0.1) is 12.2 Å². The van der Waals surface area contributed by atoms with Crippen molar-refractivity contribution >= 4 is 17.5 Å². The lowest BCUT2D eigenvalue weighted by molar-refractivity contribution is 0.0727. The van der Waals surface area contributed by atoms with Gasteiger partial charge >= 0.3 is 0 Å². The number of aromatic nitrogens is 1. The summed E-state index contributed by atoms with van der Waals surface area (Å²) in [6.07, 6.45) is 3.19. The molecule has 0 spiro atoms. The Morgan fingerprint density at radius 2 is 1.89 bits per heavy atom. The van der Waals surface area contributed by atoms with Crippen molar-refractivity contribution in [2.75, 3.05) is 43.0 Å². The van der Waals surface area contributed by atoms with Gasteiger partial charge in [-0.3, -0.25) is 4.79 Å². The summed E-state index contributed by atoms with van der Waals surface area (Å²) in [5.41, 5.74) is 2.84. The van der Waals surface area contributed by atoms with Crippen LogP contribution < -0.4 is 10.2 Å². The topological polar surface area (TPSA) is 68.7 Å². The largest absolute Gasteiger partial charge is 0.395 e. The second-order valence-corrected chi connectivity index (χ2v) is 7.17. The number of carbonyl (C=O) groups excluding carboxylic acids is 1. The molecule has 1 saturated heterocycles. The number of nitrogens with one attached hydrogen (secondary N) is 1. The average Bonchev–Trinajstić information content (AvgIpc) is 3.24. The molecule has 6 heteroatoms. The number of hydrogen-bond acceptors (Lipinski definition) is 5. The molecular formula is C21H26N4O2. The minimum Gasteiger partial charge on any atom is -0.395 e. The van der Waals surface area contributed by atoms with Gasteiger partial charge in [0.25, 0.3) is 5.91 Å². The molecule has 27 heavy (non-hydrogen) atoms. The van der Waals surface area contributed by atoms with Crippen molar-refractivity contribution in [1.82, 2.24) is 9.88 Å². The van der Waals surface area contributed by atoms with Crippen LogP contribution in [0.4, 0.5) is 11.6 Å². The lowest BCUT2D eigenvalue weighted by atomic mass is 9.99. The SMILES string of the molecule is O=C1c2c(cc(N3CCCC3)nc2NCCO)CCN1Cc1ccccc1. The van der Waals surface area contributed by atoms with Crippen molar-refractivity contribution in [2.45, 2.75) is 25.8 Å². The molecule has 2 aliphatic rings. The highest BCUT2D eigenvalue weighted by Gasteiger charge is 2.29. The third-order valence-corrected chi connectivity index (χ3v) is 5.29. The maximum atomic E-state index is 13.2. The molecule has 2 N–H and O–H groups in total. The average molecular weight is 366 g/mol. The fourth-order valence-electron chi connectivity index (χ4n) is 3.90. The number of fused-ring (bicyclic) bond motifs is 1. The predicted octanol–water partition coefficient (Wildman–Crippen LogP) is 2.28. The lowest BCUT2D eigenvalue weighted by Gasteiger charge is -2.31. The zero-order valence-corrected chi connectivity index (χ0v) is 15.5. The van der Waals surface area contributed by atoms with Gasteiger partial charge in [-0.15, -0.1) is 0 Å². The first kappa shape index (κ1) is 17.8. The Balaban J connectivity index is 1.64. The summed E-state index contributed by atoms with van der Waals surface area (Å²) < 4.78 is 0. The first-order valence-electron chi connectivity index (χ1n) is 9.73. The molecule has 0 unspecified atom stereocenters. The van der Waals surface area contributed by atoms with Crippen LogP contribution in [0.5, 0.6) is 0 Å². The van der Waals surface area contributed by atoms with Crippen LogP contribution >= 0.6 is 0 Å². The predicted molar refractivity (Wildman–Crippen MR) is 106 cm³/mol. The summed E-state index contributed by atoms with van der Waals surface area (Å²) in [5.74, 6) is 1.56. The standard InChI is InChI=1S/C21H26N4O2/c26-13-9-22-20-19-17(14-18(23-20)24-10-4-5-11-24)8-12-25(21(19)27)15-16-6-2-1-3-7-16/h1-3,6-7,14,26H,4-5,8-13,15H2,(H,22,23). The van der Waals surface area contributed by atoms with E-state index in [1.54, 1.807) is 0 Å².